The monoisotopic (exact) mass is 311 g/mol. The van der Waals surface area contributed by atoms with Gasteiger partial charge in [0.25, 0.3) is 5.91 Å². The Morgan fingerprint density at radius 3 is 2.95 bits per heavy atom. The van der Waals surface area contributed by atoms with Gasteiger partial charge in [-0.1, -0.05) is 18.5 Å². The van der Waals surface area contributed by atoms with E-state index in [1.165, 1.54) is 0 Å². The highest BCUT2D eigenvalue weighted by Crippen LogP contribution is 2.23. The third-order valence-corrected chi connectivity index (χ3v) is 3.68. The van der Waals surface area contributed by atoms with Crippen LogP contribution in [0, 0.1) is 0 Å². The van der Waals surface area contributed by atoms with E-state index in [9.17, 15) is 4.79 Å². The summed E-state index contributed by atoms with van der Waals surface area (Å²) in [5.74, 6) is 0.603. The Labute approximate surface area is 130 Å². The fraction of sp³-hybridized carbons (Fsp3) is 0.600. The fourth-order valence-corrected chi connectivity index (χ4v) is 2.56. The number of amides is 1. The highest BCUT2D eigenvalue weighted by molar-refractivity contribution is 6.29. The third-order valence-electron chi connectivity index (χ3n) is 3.49. The Morgan fingerprint density at radius 1 is 1.52 bits per heavy atom. The minimum absolute atomic E-state index is 0.0350. The predicted octanol–water partition coefficient (Wildman–Crippen LogP) is 2.81. The quantitative estimate of drug-likeness (QED) is 0.869. The van der Waals surface area contributed by atoms with Crippen molar-refractivity contribution in [3.05, 3.63) is 22.8 Å². The molecule has 1 N–H and O–H groups in total. The summed E-state index contributed by atoms with van der Waals surface area (Å²) < 4.78 is 5.46. The number of hydrogen-bond donors (Lipinski definition) is 1. The molecular weight excluding hydrogens is 290 g/mol. The number of nitrogens with one attached hydrogen (secondary N) is 1. The maximum absolute atomic E-state index is 12.7. The van der Waals surface area contributed by atoms with E-state index in [-0.39, 0.29) is 11.4 Å². The van der Waals surface area contributed by atoms with Crippen LogP contribution in [0.1, 0.15) is 37.6 Å². The average molecular weight is 312 g/mol. The molecule has 1 aliphatic heterocycles. The van der Waals surface area contributed by atoms with Crippen molar-refractivity contribution in [2.24, 2.45) is 0 Å². The Hall–Kier alpha value is -1.33. The molecule has 0 saturated carbocycles. The molecule has 21 heavy (non-hydrogen) atoms. The molecule has 1 saturated heterocycles. The molecule has 1 aliphatic rings. The summed E-state index contributed by atoms with van der Waals surface area (Å²) in [4.78, 5) is 18.8. The molecule has 2 heterocycles. The van der Waals surface area contributed by atoms with Crippen molar-refractivity contribution >= 4 is 23.3 Å². The zero-order valence-electron chi connectivity index (χ0n) is 12.8. The SMILES string of the molecule is CCCNc1cc(C(=O)N2CCOCC2(C)C)cc(Cl)n1. The van der Waals surface area contributed by atoms with Gasteiger partial charge in [-0.25, -0.2) is 4.98 Å². The van der Waals surface area contributed by atoms with E-state index >= 15 is 0 Å². The van der Waals surface area contributed by atoms with Crippen LogP contribution < -0.4 is 5.32 Å². The van der Waals surface area contributed by atoms with E-state index in [0.29, 0.717) is 36.3 Å². The molecule has 1 fully saturated rings. The molecular formula is C15H22ClN3O2. The molecule has 6 heteroatoms. The van der Waals surface area contributed by atoms with Gasteiger partial charge in [-0.3, -0.25) is 4.79 Å². The minimum atomic E-state index is -0.317. The molecule has 0 spiro atoms. The number of hydrogen-bond acceptors (Lipinski definition) is 4. The summed E-state index contributed by atoms with van der Waals surface area (Å²) in [7, 11) is 0. The molecule has 0 unspecified atom stereocenters. The van der Waals surface area contributed by atoms with Crippen molar-refractivity contribution in [1.29, 1.82) is 0 Å². The molecule has 2 rings (SSSR count). The van der Waals surface area contributed by atoms with E-state index in [2.05, 4.69) is 17.2 Å². The second-order valence-electron chi connectivity index (χ2n) is 5.81. The molecule has 116 valence electrons. The smallest absolute Gasteiger partial charge is 0.254 e. The Bertz CT molecular complexity index is 520. The summed E-state index contributed by atoms with van der Waals surface area (Å²) in [5.41, 5.74) is 0.241. The lowest BCUT2D eigenvalue weighted by atomic mass is 10.0. The average Bonchev–Trinajstić information content (AvgIpc) is 2.43. The van der Waals surface area contributed by atoms with Crippen LogP contribution in [0.2, 0.25) is 5.15 Å². The van der Waals surface area contributed by atoms with Gasteiger partial charge < -0.3 is 15.0 Å². The van der Waals surface area contributed by atoms with Crippen molar-refractivity contribution in [2.75, 3.05) is 31.6 Å². The van der Waals surface area contributed by atoms with Crippen LogP contribution in [-0.2, 0) is 4.74 Å². The standard InChI is InChI=1S/C15H22ClN3O2/c1-4-5-17-13-9-11(8-12(16)18-13)14(20)19-6-7-21-10-15(19,2)3/h8-9H,4-7,10H2,1-3H3,(H,17,18). The number of pyridine rings is 1. The van der Waals surface area contributed by atoms with Gasteiger partial charge in [0.1, 0.15) is 11.0 Å². The molecule has 0 bridgehead atoms. The van der Waals surface area contributed by atoms with E-state index in [4.69, 9.17) is 16.3 Å². The van der Waals surface area contributed by atoms with Crippen LogP contribution in [-0.4, -0.2) is 47.6 Å². The molecule has 1 aromatic rings. The van der Waals surface area contributed by atoms with Crippen molar-refractivity contribution < 1.29 is 9.53 Å². The number of halogens is 1. The third kappa shape index (κ3) is 3.86. The lowest BCUT2D eigenvalue weighted by molar-refractivity contribution is -0.0370. The van der Waals surface area contributed by atoms with Gasteiger partial charge in [0.15, 0.2) is 0 Å². The number of rotatable bonds is 4. The number of anilines is 1. The first kappa shape index (κ1) is 16.0. The number of ether oxygens (including phenoxy) is 1. The Kier molecular flexibility index (Phi) is 5.06. The highest BCUT2D eigenvalue weighted by Gasteiger charge is 2.34. The van der Waals surface area contributed by atoms with Crippen molar-refractivity contribution in [1.82, 2.24) is 9.88 Å². The van der Waals surface area contributed by atoms with Crippen LogP contribution >= 0.6 is 11.6 Å². The minimum Gasteiger partial charge on any atom is -0.377 e. The lowest BCUT2D eigenvalue weighted by Crippen LogP contribution is -2.55. The van der Waals surface area contributed by atoms with Gasteiger partial charge in [-0.05, 0) is 32.4 Å². The second kappa shape index (κ2) is 6.62. The van der Waals surface area contributed by atoms with Crippen LogP contribution in [0.25, 0.3) is 0 Å². The van der Waals surface area contributed by atoms with Gasteiger partial charge in [0.2, 0.25) is 0 Å². The van der Waals surface area contributed by atoms with E-state index < -0.39 is 0 Å². The van der Waals surface area contributed by atoms with Gasteiger partial charge in [-0.15, -0.1) is 0 Å². The summed E-state index contributed by atoms with van der Waals surface area (Å²) in [5, 5.41) is 3.49. The fourth-order valence-electron chi connectivity index (χ4n) is 2.35. The lowest BCUT2D eigenvalue weighted by Gasteiger charge is -2.42. The molecule has 1 aromatic heterocycles. The van der Waals surface area contributed by atoms with Crippen LogP contribution in [0.4, 0.5) is 5.82 Å². The van der Waals surface area contributed by atoms with E-state index in [1.807, 2.05) is 18.7 Å². The first-order valence-corrected chi connectivity index (χ1v) is 7.63. The Balaban J connectivity index is 2.23. The van der Waals surface area contributed by atoms with Crippen LogP contribution in [0.3, 0.4) is 0 Å². The number of aromatic nitrogens is 1. The second-order valence-corrected chi connectivity index (χ2v) is 6.20. The van der Waals surface area contributed by atoms with Crippen molar-refractivity contribution in [3.8, 4) is 0 Å². The van der Waals surface area contributed by atoms with Gasteiger partial charge in [-0.2, -0.15) is 0 Å². The molecule has 5 nitrogen and oxygen atoms in total. The normalized spacial score (nSPS) is 17.6. The van der Waals surface area contributed by atoms with Gasteiger partial charge in [0, 0.05) is 18.7 Å². The number of morpholine rings is 1. The zero-order chi connectivity index (χ0) is 15.5. The number of nitrogens with zero attached hydrogens (tertiary/aromatic N) is 2. The highest BCUT2D eigenvalue weighted by atomic mass is 35.5. The first-order chi connectivity index (χ1) is 9.94. The number of carbonyl (C=O) groups is 1. The van der Waals surface area contributed by atoms with Crippen molar-refractivity contribution in [2.45, 2.75) is 32.7 Å². The van der Waals surface area contributed by atoms with Crippen LogP contribution in [0.5, 0.6) is 0 Å². The summed E-state index contributed by atoms with van der Waals surface area (Å²) in [6.45, 7) is 8.56. The predicted molar refractivity (Wildman–Crippen MR) is 84.0 cm³/mol. The first-order valence-electron chi connectivity index (χ1n) is 7.25. The number of carbonyl (C=O) groups excluding carboxylic acids is 1. The van der Waals surface area contributed by atoms with Gasteiger partial charge in [0.05, 0.1) is 18.8 Å². The van der Waals surface area contributed by atoms with E-state index in [0.717, 1.165) is 13.0 Å². The summed E-state index contributed by atoms with van der Waals surface area (Å²) in [6, 6.07) is 3.38. The van der Waals surface area contributed by atoms with E-state index in [1.54, 1.807) is 12.1 Å². The Morgan fingerprint density at radius 2 is 2.29 bits per heavy atom. The summed E-state index contributed by atoms with van der Waals surface area (Å²) >= 11 is 6.04. The molecule has 1 amide bonds. The largest absolute Gasteiger partial charge is 0.377 e. The zero-order valence-corrected chi connectivity index (χ0v) is 13.5. The molecule has 0 aromatic carbocycles. The topological polar surface area (TPSA) is 54.5 Å². The molecule has 0 aliphatic carbocycles. The van der Waals surface area contributed by atoms with Crippen molar-refractivity contribution in [3.63, 3.8) is 0 Å². The maximum Gasteiger partial charge on any atom is 0.254 e. The van der Waals surface area contributed by atoms with Gasteiger partial charge >= 0.3 is 0 Å². The molecule has 0 atom stereocenters. The van der Waals surface area contributed by atoms with Crippen LogP contribution in [0.15, 0.2) is 12.1 Å². The molecule has 0 radical (unpaired) electrons. The summed E-state index contributed by atoms with van der Waals surface area (Å²) in [6.07, 6.45) is 0.980. The maximum atomic E-state index is 12.7.